The number of amides is 2. The number of carbonyl (C=O) groups is 2. The third-order valence-corrected chi connectivity index (χ3v) is 3.10. The smallest absolute Gasteiger partial charge is 0.309 e. The lowest BCUT2D eigenvalue weighted by molar-refractivity contribution is -0.141. The van der Waals surface area contributed by atoms with E-state index in [0.717, 1.165) is 12.8 Å². The molecule has 1 aliphatic carbocycles. The van der Waals surface area contributed by atoms with Crippen molar-refractivity contribution >= 4 is 11.8 Å². The highest BCUT2D eigenvalue weighted by Crippen LogP contribution is 2.27. The van der Waals surface area contributed by atoms with Gasteiger partial charge < -0.3 is 20.5 Å². The van der Waals surface area contributed by atoms with Crippen molar-refractivity contribution in [2.75, 3.05) is 19.8 Å². The molecule has 0 spiro atoms. The average Bonchev–Trinajstić information content (AvgIpc) is 3.13. The summed E-state index contributed by atoms with van der Waals surface area (Å²) in [5.74, 6) is -0.743. The van der Waals surface area contributed by atoms with Gasteiger partial charge in [-0.3, -0.25) is 9.59 Å². The number of hydrogen-bond acceptors (Lipinski definition) is 4. The fourth-order valence-electron chi connectivity index (χ4n) is 1.76. The first-order valence-corrected chi connectivity index (χ1v) is 6.01. The molecular weight excluding hydrogens is 224 g/mol. The Kier molecular flexibility index (Phi) is 3.96. The van der Waals surface area contributed by atoms with Gasteiger partial charge in [0.15, 0.2) is 0 Å². The minimum atomic E-state index is -0.732. The summed E-state index contributed by atoms with van der Waals surface area (Å²) in [4.78, 5) is 22.9. The SMILES string of the molecule is O=C(NCC1CC1)C(=O)NC1CCOCC1O. The van der Waals surface area contributed by atoms with Crippen LogP contribution in [0.15, 0.2) is 0 Å². The van der Waals surface area contributed by atoms with Crippen molar-refractivity contribution in [2.45, 2.75) is 31.4 Å². The summed E-state index contributed by atoms with van der Waals surface area (Å²) < 4.78 is 5.04. The highest BCUT2D eigenvalue weighted by molar-refractivity contribution is 6.35. The van der Waals surface area contributed by atoms with Crippen LogP contribution in [0.2, 0.25) is 0 Å². The molecule has 0 aromatic heterocycles. The van der Waals surface area contributed by atoms with Crippen LogP contribution in [0.1, 0.15) is 19.3 Å². The molecule has 3 N–H and O–H groups in total. The Morgan fingerprint density at radius 2 is 2.00 bits per heavy atom. The third-order valence-electron chi connectivity index (χ3n) is 3.10. The minimum Gasteiger partial charge on any atom is -0.389 e. The number of ether oxygens (including phenoxy) is 1. The number of carbonyl (C=O) groups excluding carboxylic acids is 2. The van der Waals surface area contributed by atoms with Crippen LogP contribution in [0.5, 0.6) is 0 Å². The first kappa shape index (κ1) is 12.3. The van der Waals surface area contributed by atoms with E-state index in [1.54, 1.807) is 0 Å². The molecule has 6 heteroatoms. The van der Waals surface area contributed by atoms with Gasteiger partial charge in [-0.25, -0.2) is 0 Å². The lowest BCUT2D eigenvalue weighted by atomic mass is 10.1. The van der Waals surface area contributed by atoms with E-state index >= 15 is 0 Å². The van der Waals surface area contributed by atoms with Crippen molar-refractivity contribution in [3.05, 3.63) is 0 Å². The molecule has 17 heavy (non-hydrogen) atoms. The maximum Gasteiger partial charge on any atom is 0.309 e. The molecule has 1 saturated carbocycles. The minimum absolute atomic E-state index is 0.203. The van der Waals surface area contributed by atoms with Crippen LogP contribution in [0.3, 0.4) is 0 Å². The quantitative estimate of drug-likeness (QED) is 0.541. The van der Waals surface area contributed by atoms with Gasteiger partial charge in [-0.05, 0) is 25.2 Å². The fourth-order valence-corrected chi connectivity index (χ4v) is 1.76. The van der Waals surface area contributed by atoms with Crippen molar-refractivity contribution in [3.8, 4) is 0 Å². The zero-order valence-electron chi connectivity index (χ0n) is 9.65. The molecule has 1 heterocycles. The van der Waals surface area contributed by atoms with E-state index in [1.807, 2.05) is 0 Å². The zero-order chi connectivity index (χ0) is 12.3. The van der Waals surface area contributed by atoms with E-state index in [-0.39, 0.29) is 12.6 Å². The molecule has 2 fully saturated rings. The van der Waals surface area contributed by atoms with E-state index < -0.39 is 17.9 Å². The van der Waals surface area contributed by atoms with Crippen LogP contribution < -0.4 is 10.6 Å². The van der Waals surface area contributed by atoms with Gasteiger partial charge in [0.05, 0.1) is 18.8 Å². The molecule has 2 rings (SSSR count). The molecule has 96 valence electrons. The number of aliphatic hydroxyl groups excluding tert-OH is 1. The highest BCUT2D eigenvalue weighted by atomic mass is 16.5. The van der Waals surface area contributed by atoms with Gasteiger partial charge in [-0.1, -0.05) is 0 Å². The number of nitrogens with one attached hydrogen (secondary N) is 2. The summed E-state index contributed by atoms with van der Waals surface area (Å²) in [5, 5.41) is 14.7. The highest BCUT2D eigenvalue weighted by Gasteiger charge is 2.28. The van der Waals surface area contributed by atoms with Crippen LogP contribution in [0, 0.1) is 5.92 Å². The van der Waals surface area contributed by atoms with E-state index in [9.17, 15) is 14.7 Å². The molecule has 1 aliphatic heterocycles. The average molecular weight is 242 g/mol. The van der Waals surface area contributed by atoms with E-state index in [0.29, 0.717) is 25.5 Å². The van der Waals surface area contributed by atoms with Gasteiger partial charge in [0.25, 0.3) is 0 Å². The molecule has 2 atom stereocenters. The number of rotatable bonds is 3. The second-order valence-corrected chi connectivity index (χ2v) is 4.66. The number of aliphatic hydroxyl groups is 1. The third kappa shape index (κ3) is 3.67. The maximum atomic E-state index is 11.5. The van der Waals surface area contributed by atoms with Gasteiger partial charge in [-0.2, -0.15) is 0 Å². The summed E-state index contributed by atoms with van der Waals surface area (Å²) in [6.45, 7) is 1.27. The Labute approximate surface area is 99.7 Å². The van der Waals surface area contributed by atoms with Crippen molar-refractivity contribution in [2.24, 2.45) is 5.92 Å². The Bertz CT molecular complexity index is 304. The van der Waals surface area contributed by atoms with Gasteiger partial charge in [0.1, 0.15) is 0 Å². The van der Waals surface area contributed by atoms with Crippen LogP contribution in [0.25, 0.3) is 0 Å². The van der Waals surface area contributed by atoms with Crippen LogP contribution in [-0.4, -0.2) is 48.8 Å². The Balaban J connectivity index is 1.72. The lowest BCUT2D eigenvalue weighted by Crippen LogP contribution is -2.52. The van der Waals surface area contributed by atoms with E-state index in [4.69, 9.17) is 4.74 Å². The van der Waals surface area contributed by atoms with Crippen LogP contribution >= 0.6 is 0 Å². The second-order valence-electron chi connectivity index (χ2n) is 4.66. The van der Waals surface area contributed by atoms with Crippen molar-refractivity contribution in [3.63, 3.8) is 0 Å². The molecule has 6 nitrogen and oxygen atoms in total. The predicted octanol–water partition coefficient (Wildman–Crippen LogP) is -1.22. The largest absolute Gasteiger partial charge is 0.389 e. The summed E-state index contributed by atoms with van der Waals surface area (Å²) in [7, 11) is 0. The molecule has 2 amide bonds. The predicted molar refractivity (Wildman–Crippen MR) is 59.1 cm³/mol. The van der Waals surface area contributed by atoms with E-state index in [2.05, 4.69) is 10.6 Å². The van der Waals surface area contributed by atoms with Gasteiger partial charge in [0, 0.05) is 13.2 Å². The van der Waals surface area contributed by atoms with Crippen LogP contribution in [-0.2, 0) is 14.3 Å². The van der Waals surface area contributed by atoms with Crippen molar-refractivity contribution in [1.29, 1.82) is 0 Å². The molecule has 2 unspecified atom stereocenters. The Morgan fingerprint density at radius 1 is 1.24 bits per heavy atom. The zero-order valence-corrected chi connectivity index (χ0v) is 9.65. The molecular formula is C11H18N2O4. The Morgan fingerprint density at radius 3 is 2.65 bits per heavy atom. The molecule has 0 radical (unpaired) electrons. The standard InChI is InChI=1S/C11H18N2O4/c14-9-6-17-4-3-8(9)13-11(16)10(15)12-5-7-1-2-7/h7-9,14H,1-6H2,(H,12,15)(H,13,16). The summed E-state index contributed by atoms with van der Waals surface area (Å²) >= 11 is 0. The first-order chi connectivity index (χ1) is 8.16. The van der Waals surface area contributed by atoms with Gasteiger partial charge >= 0.3 is 11.8 Å². The summed E-state index contributed by atoms with van der Waals surface area (Å²) in [5.41, 5.74) is 0. The van der Waals surface area contributed by atoms with Crippen molar-refractivity contribution in [1.82, 2.24) is 10.6 Å². The summed E-state index contributed by atoms with van der Waals surface area (Å²) in [6.07, 6.45) is 2.05. The number of hydrogen-bond donors (Lipinski definition) is 3. The molecule has 1 saturated heterocycles. The molecule has 0 aromatic rings. The van der Waals surface area contributed by atoms with Gasteiger partial charge in [0.2, 0.25) is 0 Å². The Hall–Kier alpha value is -1.14. The summed E-state index contributed by atoms with van der Waals surface area (Å²) in [6, 6.07) is -0.386. The fraction of sp³-hybridized carbons (Fsp3) is 0.818. The van der Waals surface area contributed by atoms with Gasteiger partial charge in [-0.15, -0.1) is 0 Å². The molecule has 2 aliphatic rings. The topological polar surface area (TPSA) is 87.7 Å². The maximum absolute atomic E-state index is 11.5. The monoisotopic (exact) mass is 242 g/mol. The van der Waals surface area contributed by atoms with Crippen LogP contribution in [0.4, 0.5) is 0 Å². The normalized spacial score (nSPS) is 28.5. The second kappa shape index (κ2) is 5.46. The molecule has 0 aromatic carbocycles. The lowest BCUT2D eigenvalue weighted by Gasteiger charge is -2.28. The first-order valence-electron chi connectivity index (χ1n) is 6.01. The van der Waals surface area contributed by atoms with Crippen molar-refractivity contribution < 1.29 is 19.4 Å². The molecule has 0 bridgehead atoms. The van der Waals surface area contributed by atoms with E-state index in [1.165, 1.54) is 0 Å².